The summed E-state index contributed by atoms with van der Waals surface area (Å²) in [7, 11) is 0. The SMILES string of the molecule is C/C=C/[C@@H](C)CCC#N. The molecule has 9 heavy (non-hydrogen) atoms. The lowest BCUT2D eigenvalue weighted by Crippen LogP contribution is -1.86. The minimum atomic E-state index is 0.564. The maximum Gasteiger partial charge on any atom is 0.0621 e. The molecule has 0 bridgehead atoms. The molecule has 0 saturated heterocycles. The fourth-order valence-corrected chi connectivity index (χ4v) is 0.717. The van der Waals surface area contributed by atoms with Gasteiger partial charge in [0.15, 0.2) is 0 Å². The van der Waals surface area contributed by atoms with Gasteiger partial charge in [-0.3, -0.25) is 0 Å². The molecule has 0 heterocycles. The van der Waals surface area contributed by atoms with E-state index in [0.717, 1.165) is 6.42 Å². The van der Waals surface area contributed by atoms with Gasteiger partial charge in [0.2, 0.25) is 0 Å². The van der Waals surface area contributed by atoms with Crippen LogP contribution in [0.3, 0.4) is 0 Å². The second-order valence-electron chi connectivity index (χ2n) is 2.20. The molecule has 1 heteroatoms. The smallest absolute Gasteiger partial charge is 0.0621 e. The van der Waals surface area contributed by atoms with Crippen molar-refractivity contribution >= 4 is 0 Å². The monoisotopic (exact) mass is 123 g/mol. The first-order valence-corrected chi connectivity index (χ1v) is 3.31. The van der Waals surface area contributed by atoms with E-state index in [1.165, 1.54) is 0 Å². The molecule has 1 nitrogen and oxygen atoms in total. The maximum atomic E-state index is 8.21. The standard InChI is InChI=1S/C8H13N/c1-3-5-8(2)6-4-7-9/h3,5,8H,4,6H2,1-2H3/b5-3+/t8-/m1/s1. The molecule has 0 N–H and O–H groups in total. The van der Waals surface area contributed by atoms with E-state index in [-0.39, 0.29) is 0 Å². The van der Waals surface area contributed by atoms with Crippen LogP contribution in [0.4, 0.5) is 0 Å². The fraction of sp³-hybridized carbons (Fsp3) is 0.625. The molecule has 0 aromatic carbocycles. The van der Waals surface area contributed by atoms with E-state index in [1.807, 2.05) is 13.0 Å². The molecule has 1 atom stereocenters. The van der Waals surface area contributed by atoms with Crippen molar-refractivity contribution in [1.29, 1.82) is 5.26 Å². The molecule has 0 aliphatic rings. The lowest BCUT2D eigenvalue weighted by atomic mass is 10.1. The lowest BCUT2D eigenvalue weighted by Gasteiger charge is -1.98. The highest BCUT2D eigenvalue weighted by Crippen LogP contribution is 2.05. The molecule has 0 aromatic rings. The summed E-state index contributed by atoms with van der Waals surface area (Å²) >= 11 is 0. The van der Waals surface area contributed by atoms with E-state index in [9.17, 15) is 0 Å². The Kier molecular flexibility index (Phi) is 4.91. The van der Waals surface area contributed by atoms with Gasteiger partial charge in [0, 0.05) is 6.42 Å². The third-order valence-corrected chi connectivity index (χ3v) is 1.23. The average Bonchev–Trinajstić information content (AvgIpc) is 1.85. The van der Waals surface area contributed by atoms with Crippen LogP contribution >= 0.6 is 0 Å². The van der Waals surface area contributed by atoms with Crippen LogP contribution < -0.4 is 0 Å². The first-order valence-electron chi connectivity index (χ1n) is 3.31. The van der Waals surface area contributed by atoms with Crippen LogP contribution in [-0.2, 0) is 0 Å². The van der Waals surface area contributed by atoms with E-state index in [4.69, 9.17) is 5.26 Å². The summed E-state index contributed by atoms with van der Waals surface area (Å²) in [5.74, 6) is 0.564. The highest BCUT2D eigenvalue weighted by atomic mass is 14.2. The second-order valence-corrected chi connectivity index (χ2v) is 2.20. The first-order chi connectivity index (χ1) is 4.31. The molecule has 0 aliphatic carbocycles. The Hall–Kier alpha value is -0.770. The molecular weight excluding hydrogens is 110 g/mol. The van der Waals surface area contributed by atoms with Gasteiger partial charge in [-0.1, -0.05) is 19.1 Å². The summed E-state index contributed by atoms with van der Waals surface area (Å²) in [5.41, 5.74) is 0. The van der Waals surface area contributed by atoms with Gasteiger partial charge in [-0.25, -0.2) is 0 Å². The number of rotatable bonds is 3. The predicted molar refractivity (Wildman–Crippen MR) is 38.8 cm³/mol. The van der Waals surface area contributed by atoms with Gasteiger partial charge in [0.1, 0.15) is 0 Å². The van der Waals surface area contributed by atoms with Gasteiger partial charge < -0.3 is 0 Å². The number of allylic oxidation sites excluding steroid dienone is 2. The number of nitrogens with zero attached hydrogens (tertiary/aromatic N) is 1. The van der Waals surface area contributed by atoms with Gasteiger partial charge in [-0.15, -0.1) is 0 Å². The van der Waals surface area contributed by atoms with Gasteiger partial charge in [0.05, 0.1) is 6.07 Å². The fourth-order valence-electron chi connectivity index (χ4n) is 0.717. The average molecular weight is 123 g/mol. The topological polar surface area (TPSA) is 23.8 Å². The molecule has 0 unspecified atom stereocenters. The highest BCUT2D eigenvalue weighted by Gasteiger charge is 1.92. The predicted octanol–water partition coefficient (Wildman–Crippen LogP) is 2.50. The zero-order chi connectivity index (χ0) is 7.11. The van der Waals surface area contributed by atoms with Crippen molar-refractivity contribution in [2.24, 2.45) is 5.92 Å². The van der Waals surface area contributed by atoms with Crippen molar-refractivity contribution in [3.05, 3.63) is 12.2 Å². The summed E-state index contributed by atoms with van der Waals surface area (Å²) in [6.07, 6.45) is 5.81. The molecular formula is C8H13N. The molecule has 0 aromatic heterocycles. The molecule has 0 spiro atoms. The van der Waals surface area contributed by atoms with Crippen LogP contribution in [0, 0.1) is 17.2 Å². The van der Waals surface area contributed by atoms with Crippen molar-refractivity contribution in [3.63, 3.8) is 0 Å². The van der Waals surface area contributed by atoms with Gasteiger partial charge in [0.25, 0.3) is 0 Å². The van der Waals surface area contributed by atoms with Crippen LogP contribution in [0.5, 0.6) is 0 Å². The molecule has 0 radical (unpaired) electrons. The Morgan fingerprint density at radius 2 is 2.33 bits per heavy atom. The van der Waals surface area contributed by atoms with Crippen molar-refractivity contribution in [3.8, 4) is 6.07 Å². The third kappa shape index (κ3) is 5.10. The number of hydrogen-bond acceptors (Lipinski definition) is 1. The molecule has 0 rings (SSSR count). The Labute approximate surface area is 57.0 Å². The van der Waals surface area contributed by atoms with Crippen LogP contribution in [0.2, 0.25) is 0 Å². The molecule has 0 aliphatic heterocycles. The normalized spacial score (nSPS) is 13.4. The molecule has 0 amide bonds. The summed E-state index contributed by atoms with van der Waals surface area (Å²) in [6.45, 7) is 4.13. The van der Waals surface area contributed by atoms with Crippen LogP contribution in [0.1, 0.15) is 26.7 Å². The minimum Gasteiger partial charge on any atom is -0.198 e. The van der Waals surface area contributed by atoms with Crippen LogP contribution in [0.15, 0.2) is 12.2 Å². The Balaban J connectivity index is 3.29. The Bertz CT molecular complexity index is 119. The van der Waals surface area contributed by atoms with E-state index in [0.29, 0.717) is 12.3 Å². The largest absolute Gasteiger partial charge is 0.198 e. The van der Waals surface area contributed by atoms with E-state index < -0.39 is 0 Å². The zero-order valence-electron chi connectivity index (χ0n) is 6.09. The lowest BCUT2D eigenvalue weighted by molar-refractivity contribution is 0.661. The van der Waals surface area contributed by atoms with Crippen LogP contribution in [-0.4, -0.2) is 0 Å². The molecule has 0 saturated carbocycles. The van der Waals surface area contributed by atoms with Crippen LogP contribution in [0.25, 0.3) is 0 Å². The van der Waals surface area contributed by atoms with Gasteiger partial charge >= 0.3 is 0 Å². The third-order valence-electron chi connectivity index (χ3n) is 1.23. The summed E-state index contributed by atoms with van der Waals surface area (Å²) in [5, 5.41) is 8.21. The summed E-state index contributed by atoms with van der Waals surface area (Å²) in [4.78, 5) is 0. The quantitative estimate of drug-likeness (QED) is 0.529. The van der Waals surface area contributed by atoms with Crippen molar-refractivity contribution < 1.29 is 0 Å². The minimum absolute atomic E-state index is 0.564. The van der Waals surface area contributed by atoms with Crippen molar-refractivity contribution in [2.75, 3.05) is 0 Å². The van der Waals surface area contributed by atoms with Crippen molar-refractivity contribution in [1.82, 2.24) is 0 Å². The van der Waals surface area contributed by atoms with E-state index in [1.54, 1.807) is 0 Å². The molecule has 50 valence electrons. The zero-order valence-corrected chi connectivity index (χ0v) is 6.09. The van der Waals surface area contributed by atoms with Crippen molar-refractivity contribution in [2.45, 2.75) is 26.7 Å². The highest BCUT2D eigenvalue weighted by molar-refractivity contribution is 4.84. The van der Waals surface area contributed by atoms with E-state index in [2.05, 4.69) is 19.1 Å². The maximum absolute atomic E-state index is 8.21. The summed E-state index contributed by atoms with van der Waals surface area (Å²) < 4.78 is 0. The Morgan fingerprint density at radius 3 is 2.78 bits per heavy atom. The second kappa shape index (κ2) is 5.37. The molecule has 0 fully saturated rings. The number of nitriles is 1. The summed E-state index contributed by atoms with van der Waals surface area (Å²) in [6, 6.07) is 2.12. The number of hydrogen-bond donors (Lipinski definition) is 0. The van der Waals surface area contributed by atoms with Gasteiger partial charge in [-0.05, 0) is 19.3 Å². The van der Waals surface area contributed by atoms with E-state index >= 15 is 0 Å². The Morgan fingerprint density at radius 1 is 1.67 bits per heavy atom. The first kappa shape index (κ1) is 8.23. The van der Waals surface area contributed by atoms with Gasteiger partial charge in [-0.2, -0.15) is 5.26 Å².